The molecular weight excluding hydrogens is 495 g/mol. The highest BCUT2D eigenvalue weighted by atomic mass is 19.1. The summed E-state index contributed by atoms with van der Waals surface area (Å²) in [6, 6.07) is 19.4. The van der Waals surface area contributed by atoms with E-state index in [0.29, 0.717) is 41.0 Å². The summed E-state index contributed by atoms with van der Waals surface area (Å²) >= 11 is 0. The minimum Gasteiger partial charge on any atom is -0.494 e. The van der Waals surface area contributed by atoms with Crippen LogP contribution in [-0.2, 0) is 11.3 Å². The van der Waals surface area contributed by atoms with Gasteiger partial charge in [-0.3, -0.25) is 9.69 Å². The quantitative estimate of drug-likeness (QED) is 0.317. The summed E-state index contributed by atoms with van der Waals surface area (Å²) in [4.78, 5) is 26.8. The van der Waals surface area contributed by atoms with Gasteiger partial charge in [0.2, 0.25) is 5.91 Å². The maximum absolute atomic E-state index is 13.9. The lowest BCUT2D eigenvalue weighted by Crippen LogP contribution is -2.48. The first-order valence-electron chi connectivity index (χ1n) is 13.0. The maximum atomic E-state index is 13.9. The minimum atomic E-state index is -0.402. The van der Waals surface area contributed by atoms with E-state index in [1.807, 2.05) is 48.5 Å². The predicted octanol–water partition coefficient (Wildman–Crippen LogP) is 3.85. The molecule has 39 heavy (non-hydrogen) atoms. The van der Waals surface area contributed by atoms with E-state index in [-0.39, 0.29) is 11.8 Å². The Balaban J connectivity index is 1.46. The summed E-state index contributed by atoms with van der Waals surface area (Å²) < 4.78 is 13.9. The molecule has 3 aromatic carbocycles. The van der Waals surface area contributed by atoms with Crippen LogP contribution in [0.3, 0.4) is 0 Å². The highest BCUT2D eigenvalue weighted by Gasteiger charge is 2.21. The number of anilines is 1. The van der Waals surface area contributed by atoms with Crippen LogP contribution >= 0.6 is 0 Å². The van der Waals surface area contributed by atoms with Crippen molar-refractivity contribution in [2.24, 2.45) is 10.7 Å². The van der Waals surface area contributed by atoms with Gasteiger partial charge in [-0.1, -0.05) is 18.2 Å². The zero-order chi connectivity index (χ0) is 27.5. The van der Waals surface area contributed by atoms with Crippen LogP contribution in [0, 0.1) is 5.82 Å². The average Bonchev–Trinajstić information content (AvgIpc) is 3.27. The fourth-order valence-corrected chi connectivity index (χ4v) is 4.83. The normalized spacial score (nSPS) is 15.1. The number of amides is 1. The number of aromatic hydroxyl groups is 1. The molecule has 0 spiro atoms. The number of hydrogen-bond donors (Lipinski definition) is 3. The van der Waals surface area contributed by atoms with Crippen LogP contribution < -0.4 is 10.6 Å². The highest BCUT2D eigenvalue weighted by molar-refractivity contribution is 6.22. The summed E-state index contributed by atoms with van der Waals surface area (Å²) in [7, 11) is 3.87. The summed E-state index contributed by atoms with van der Waals surface area (Å²) in [5.41, 5.74) is 10.5. The number of aliphatic imine (C=N–C) groups is 1. The molecule has 5 rings (SSSR count). The van der Waals surface area contributed by atoms with Crippen molar-refractivity contribution < 1.29 is 14.3 Å². The lowest BCUT2D eigenvalue weighted by atomic mass is 9.99. The number of hydrogen-bond acceptors (Lipinski definition) is 6. The Bertz CT molecular complexity index is 1510. The molecule has 1 amide bonds. The van der Waals surface area contributed by atoms with Crippen molar-refractivity contribution in [3.8, 4) is 5.88 Å². The van der Waals surface area contributed by atoms with Crippen molar-refractivity contribution in [1.82, 2.24) is 14.8 Å². The highest BCUT2D eigenvalue weighted by Crippen LogP contribution is 2.32. The third-order valence-electron chi connectivity index (χ3n) is 7.22. The molecule has 1 aliphatic heterocycles. The number of nitrogens with zero attached hydrogens (tertiary/aromatic N) is 4. The lowest BCUT2D eigenvalue weighted by Gasteiger charge is -2.32. The Kier molecular flexibility index (Phi) is 7.74. The number of aromatic amines is 1. The topological polar surface area (TPSA) is 101 Å². The van der Waals surface area contributed by atoms with Crippen LogP contribution in [0.1, 0.15) is 16.7 Å². The molecule has 0 unspecified atom stereocenters. The van der Waals surface area contributed by atoms with Gasteiger partial charge in [0, 0.05) is 56.4 Å². The average molecular weight is 529 g/mol. The van der Waals surface area contributed by atoms with E-state index in [2.05, 4.69) is 21.8 Å². The lowest BCUT2D eigenvalue weighted by molar-refractivity contribution is -0.119. The molecule has 1 saturated heterocycles. The van der Waals surface area contributed by atoms with Crippen LogP contribution in [0.4, 0.5) is 15.8 Å². The molecule has 0 aliphatic carbocycles. The van der Waals surface area contributed by atoms with Gasteiger partial charge in [0.25, 0.3) is 0 Å². The Labute approximate surface area is 227 Å². The molecule has 1 aliphatic rings. The number of aromatic nitrogens is 1. The van der Waals surface area contributed by atoms with Gasteiger partial charge in [-0.25, -0.2) is 9.38 Å². The molecule has 1 fully saturated rings. The molecule has 8 nitrogen and oxygen atoms in total. The molecule has 0 saturated carbocycles. The number of nitrogens with one attached hydrogen (secondary N) is 1. The molecule has 202 valence electrons. The number of rotatable bonds is 7. The molecule has 0 atom stereocenters. The van der Waals surface area contributed by atoms with Crippen LogP contribution in [-0.4, -0.2) is 78.3 Å². The van der Waals surface area contributed by atoms with Crippen LogP contribution in [0.25, 0.3) is 10.9 Å². The molecule has 2 heterocycles. The first kappa shape index (κ1) is 26.6. The molecular formula is C30H33FN6O2. The fraction of sp³-hybridized carbons (Fsp3) is 0.267. The van der Waals surface area contributed by atoms with Crippen molar-refractivity contribution in [2.75, 3.05) is 51.7 Å². The Morgan fingerprint density at radius 2 is 1.82 bits per heavy atom. The summed E-state index contributed by atoms with van der Waals surface area (Å²) in [6.45, 7) is 4.42. The smallest absolute Gasteiger partial charge is 0.240 e. The SMILES string of the molecule is CN1CCN(CC(=O)N(C)c2ccc(N=C(c3cccc(CN)c3)c3c(O)[nH]c4cc(F)ccc34)cc2)CC1. The van der Waals surface area contributed by atoms with E-state index in [1.54, 1.807) is 18.0 Å². The largest absolute Gasteiger partial charge is 0.494 e. The molecule has 9 heteroatoms. The van der Waals surface area contributed by atoms with Gasteiger partial charge in [0.1, 0.15) is 5.82 Å². The number of nitrogens with two attached hydrogens (primary N) is 1. The van der Waals surface area contributed by atoms with E-state index in [9.17, 15) is 14.3 Å². The monoisotopic (exact) mass is 528 g/mol. The van der Waals surface area contributed by atoms with Crippen molar-refractivity contribution in [3.63, 3.8) is 0 Å². The maximum Gasteiger partial charge on any atom is 0.240 e. The summed E-state index contributed by atoms with van der Waals surface area (Å²) in [5.74, 6) is -0.467. The third-order valence-corrected chi connectivity index (χ3v) is 7.22. The fourth-order valence-electron chi connectivity index (χ4n) is 4.83. The van der Waals surface area contributed by atoms with Crippen LogP contribution in [0.5, 0.6) is 5.88 Å². The second-order valence-electron chi connectivity index (χ2n) is 9.95. The van der Waals surface area contributed by atoms with E-state index < -0.39 is 5.82 Å². The molecule has 1 aromatic heterocycles. The van der Waals surface area contributed by atoms with Crippen molar-refractivity contribution in [1.29, 1.82) is 0 Å². The van der Waals surface area contributed by atoms with Gasteiger partial charge in [-0.2, -0.15) is 0 Å². The molecule has 4 aromatic rings. The van der Waals surface area contributed by atoms with Crippen molar-refractivity contribution in [3.05, 3.63) is 89.2 Å². The van der Waals surface area contributed by atoms with Gasteiger partial charge in [0.15, 0.2) is 5.88 Å². The third kappa shape index (κ3) is 5.85. The number of H-pyrrole nitrogens is 1. The zero-order valence-electron chi connectivity index (χ0n) is 22.2. The van der Waals surface area contributed by atoms with Gasteiger partial charge < -0.3 is 25.6 Å². The van der Waals surface area contributed by atoms with Crippen molar-refractivity contribution in [2.45, 2.75) is 6.54 Å². The van der Waals surface area contributed by atoms with Gasteiger partial charge >= 0.3 is 0 Å². The van der Waals surface area contributed by atoms with E-state index in [4.69, 9.17) is 10.7 Å². The predicted molar refractivity (Wildman–Crippen MR) is 153 cm³/mol. The van der Waals surface area contributed by atoms with Gasteiger partial charge in [-0.05, 0) is 61.1 Å². The summed E-state index contributed by atoms with van der Waals surface area (Å²) in [6.07, 6.45) is 0. The minimum absolute atomic E-state index is 0.0334. The molecule has 4 N–H and O–H groups in total. The number of benzene rings is 3. The standard InChI is InChI=1S/C30H33FN6O2/c1-35-12-14-37(15-13-35)19-27(38)36(2)24-9-7-23(8-10-24)33-29(21-5-3-4-20(16-21)18-32)28-25-11-6-22(31)17-26(25)34-30(28)39/h3-11,16-17,34,39H,12-15,18-19,32H2,1-2H3. The van der Waals surface area contributed by atoms with Gasteiger partial charge in [-0.15, -0.1) is 0 Å². The number of carbonyl (C=O) groups excluding carboxylic acids is 1. The molecule has 0 bridgehead atoms. The first-order valence-corrected chi connectivity index (χ1v) is 13.0. The Morgan fingerprint density at radius 1 is 1.08 bits per heavy atom. The van der Waals surface area contributed by atoms with E-state index in [0.717, 1.165) is 43.0 Å². The zero-order valence-corrected chi connectivity index (χ0v) is 22.2. The second kappa shape index (κ2) is 11.4. The Hall–Kier alpha value is -4.05. The summed E-state index contributed by atoms with van der Waals surface area (Å²) in [5, 5.41) is 11.5. The first-order chi connectivity index (χ1) is 18.8. The van der Waals surface area contributed by atoms with E-state index in [1.165, 1.54) is 12.1 Å². The number of halogens is 1. The second-order valence-corrected chi connectivity index (χ2v) is 9.95. The number of likely N-dealkylation sites (N-methyl/N-ethyl adjacent to an activating group) is 2. The van der Waals surface area contributed by atoms with Crippen molar-refractivity contribution >= 4 is 33.9 Å². The van der Waals surface area contributed by atoms with Crippen LogP contribution in [0.2, 0.25) is 0 Å². The van der Waals surface area contributed by atoms with Crippen LogP contribution in [0.15, 0.2) is 71.7 Å². The molecule has 0 radical (unpaired) electrons. The number of fused-ring (bicyclic) bond motifs is 1. The van der Waals surface area contributed by atoms with Gasteiger partial charge in [0.05, 0.1) is 29.0 Å². The van der Waals surface area contributed by atoms with E-state index >= 15 is 0 Å². The Morgan fingerprint density at radius 3 is 2.54 bits per heavy atom. The number of piperazine rings is 1. The number of carbonyl (C=O) groups is 1.